The third-order valence-corrected chi connectivity index (χ3v) is 4.86. The highest BCUT2D eigenvalue weighted by Crippen LogP contribution is 2.44. The molecule has 0 amide bonds. The van der Waals surface area contributed by atoms with Crippen molar-refractivity contribution in [2.24, 2.45) is 0 Å². The number of hydrogen-bond acceptors (Lipinski definition) is 7. The molecule has 0 spiro atoms. The summed E-state index contributed by atoms with van der Waals surface area (Å²) in [4.78, 5) is 11.7. The van der Waals surface area contributed by atoms with E-state index in [1.807, 2.05) is 0 Å². The van der Waals surface area contributed by atoms with Crippen LogP contribution in [0, 0.1) is 10.1 Å². The summed E-state index contributed by atoms with van der Waals surface area (Å²) in [6, 6.07) is 3.14. The highest BCUT2D eigenvalue weighted by Gasteiger charge is 2.21. The standard InChI is InChI=1S/C8H6N2O2S4/c9-3-1-5(15-8(3)14)7-4(10(11)12)2-6(13)16-7/h1-2,13-14H,9H2. The van der Waals surface area contributed by atoms with E-state index in [0.29, 0.717) is 19.0 Å². The molecule has 0 fully saturated rings. The first-order chi connectivity index (χ1) is 7.49. The van der Waals surface area contributed by atoms with Crippen molar-refractivity contribution in [1.82, 2.24) is 0 Å². The van der Waals surface area contributed by atoms with Gasteiger partial charge in [-0.15, -0.1) is 47.9 Å². The molecule has 0 aromatic carbocycles. The number of thiophene rings is 2. The molecule has 0 aliphatic rings. The summed E-state index contributed by atoms with van der Waals surface area (Å²) < 4.78 is 1.27. The van der Waals surface area contributed by atoms with Crippen LogP contribution in [0.3, 0.4) is 0 Å². The molecule has 2 N–H and O–H groups in total. The number of nitro groups is 1. The maximum atomic E-state index is 10.8. The predicted molar refractivity (Wildman–Crippen MR) is 73.2 cm³/mol. The van der Waals surface area contributed by atoms with Crippen molar-refractivity contribution in [2.45, 2.75) is 8.42 Å². The number of anilines is 1. The van der Waals surface area contributed by atoms with Crippen molar-refractivity contribution in [3.05, 3.63) is 22.2 Å². The number of nitrogens with two attached hydrogens (primary N) is 1. The lowest BCUT2D eigenvalue weighted by Gasteiger charge is -1.91. The van der Waals surface area contributed by atoms with Gasteiger partial charge >= 0.3 is 0 Å². The molecule has 0 aliphatic carbocycles. The zero-order chi connectivity index (χ0) is 11.9. The Morgan fingerprint density at radius 2 is 2.00 bits per heavy atom. The minimum absolute atomic E-state index is 0.0598. The predicted octanol–water partition coefficient (Wildman–Crippen LogP) is 3.54. The number of nitrogens with zero attached hydrogens (tertiary/aromatic N) is 1. The van der Waals surface area contributed by atoms with E-state index in [-0.39, 0.29) is 5.69 Å². The minimum atomic E-state index is -0.417. The monoisotopic (exact) mass is 290 g/mol. The summed E-state index contributed by atoms with van der Waals surface area (Å²) in [6.07, 6.45) is 0. The number of rotatable bonds is 2. The Bertz CT molecular complexity index is 541. The van der Waals surface area contributed by atoms with Crippen LogP contribution in [-0.2, 0) is 0 Å². The molecule has 0 saturated carbocycles. The zero-order valence-corrected chi connectivity index (χ0v) is 11.1. The molecule has 0 bridgehead atoms. The molecule has 4 nitrogen and oxygen atoms in total. The van der Waals surface area contributed by atoms with E-state index in [0.717, 1.165) is 4.88 Å². The molecule has 0 aliphatic heterocycles. The smallest absolute Gasteiger partial charge is 0.289 e. The Morgan fingerprint density at radius 3 is 2.50 bits per heavy atom. The molecule has 84 valence electrons. The molecule has 0 radical (unpaired) electrons. The number of nitrogen functional groups attached to an aromatic ring is 1. The van der Waals surface area contributed by atoms with Crippen LogP contribution in [0.5, 0.6) is 0 Å². The van der Waals surface area contributed by atoms with Gasteiger partial charge in [-0.2, -0.15) is 0 Å². The minimum Gasteiger partial charge on any atom is -0.397 e. The normalized spacial score (nSPS) is 10.6. The molecule has 8 heteroatoms. The molecule has 16 heavy (non-hydrogen) atoms. The van der Waals surface area contributed by atoms with E-state index < -0.39 is 4.92 Å². The Kier molecular flexibility index (Phi) is 3.15. The average Bonchev–Trinajstić information content (AvgIpc) is 2.71. The van der Waals surface area contributed by atoms with Crippen LogP contribution in [-0.4, -0.2) is 4.92 Å². The molecular weight excluding hydrogens is 284 g/mol. The fourth-order valence-electron chi connectivity index (χ4n) is 1.19. The second kappa shape index (κ2) is 4.28. The maximum absolute atomic E-state index is 10.8. The SMILES string of the molecule is Nc1cc(-c2sc(S)cc2[N+](=O)[O-])sc1S. The van der Waals surface area contributed by atoms with Gasteiger partial charge in [-0.3, -0.25) is 10.1 Å². The van der Waals surface area contributed by atoms with Crippen LogP contribution < -0.4 is 5.73 Å². The van der Waals surface area contributed by atoms with Gasteiger partial charge in [0.05, 0.1) is 23.9 Å². The van der Waals surface area contributed by atoms with Crippen LogP contribution in [0.2, 0.25) is 0 Å². The van der Waals surface area contributed by atoms with E-state index in [4.69, 9.17) is 5.73 Å². The number of hydrogen-bond donors (Lipinski definition) is 3. The summed E-state index contributed by atoms with van der Waals surface area (Å²) in [5.41, 5.74) is 6.25. The first-order valence-corrected chi connectivity index (χ1v) is 6.57. The Morgan fingerprint density at radius 1 is 1.31 bits per heavy atom. The van der Waals surface area contributed by atoms with Crippen molar-refractivity contribution >= 4 is 59.3 Å². The van der Waals surface area contributed by atoms with Crippen LogP contribution in [0.1, 0.15) is 0 Å². The fraction of sp³-hybridized carbons (Fsp3) is 0. The van der Waals surface area contributed by atoms with E-state index >= 15 is 0 Å². The van der Waals surface area contributed by atoms with Crippen LogP contribution in [0.25, 0.3) is 9.75 Å². The van der Waals surface area contributed by atoms with Gasteiger partial charge in [0.2, 0.25) is 0 Å². The van der Waals surface area contributed by atoms with Crippen molar-refractivity contribution in [2.75, 3.05) is 5.73 Å². The van der Waals surface area contributed by atoms with Crippen molar-refractivity contribution in [3.8, 4) is 9.75 Å². The molecule has 2 aromatic heterocycles. The van der Waals surface area contributed by atoms with Gasteiger partial charge < -0.3 is 5.73 Å². The molecule has 2 aromatic rings. The van der Waals surface area contributed by atoms with E-state index in [9.17, 15) is 10.1 Å². The van der Waals surface area contributed by atoms with Gasteiger partial charge in [0.25, 0.3) is 5.69 Å². The Balaban J connectivity index is 2.59. The van der Waals surface area contributed by atoms with Gasteiger partial charge in [-0.05, 0) is 6.07 Å². The third-order valence-electron chi connectivity index (χ3n) is 1.86. The largest absolute Gasteiger partial charge is 0.397 e. The van der Waals surface area contributed by atoms with E-state index in [1.54, 1.807) is 6.07 Å². The van der Waals surface area contributed by atoms with Gasteiger partial charge in [0, 0.05) is 6.07 Å². The third kappa shape index (κ3) is 2.05. The lowest BCUT2D eigenvalue weighted by atomic mass is 10.3. The zero-order valence-electron chi connectivity index (χ0n) is 7.71. The maximum Gasteiger partial charge on any atom is 0.289 e. The summed E-state index contributed by atoms with van der Waals surface area (Å²) in [6.45, 7) is 0. The average molecular weight is 290 g/mol. The molecular formula is C8H6N2O2S4. The highest BCUT2D eigenvalue weighted by molar-refractivity contribution is 7.83. The summed E-state index contributed by atoms with van der Waals surface area (Å²) in [7, 11) is 0. The van der Waals surface area contributed by atoms with Crippen LogP contribution >= 0.6 is 47.9 Å². The molecule has 0 saturated heterocycles. The van der Waals surface area contributed by atoms with Gasteiger partial charge in [0.1, 0.15) is 4.88 Å². The summed E-state index contributed by atoms with van der Waals surface area (Å²) in [5, 5.41) is 10.8. The lowest BCUT2D eigenvalue weighted by Crippen LogP contribution is -1.86. The van der Waals surface area contributed by atoms with Gasteiger partial charge in [0.15, 0.2) is 0 Å². The molecule has 2 rings (SSSR count). The molecule has 0 unspecified atom stereocenters. The first-order valence-electron chi connectivity index (χ1n) is 4.05. The van der Waals surface area contributed by atoms with Crippen molar-refractivity contribution in [3.63, 3.8) is 0 Å². The molecule has 2 heterocycles. The molecule has 0 atom stereocenters. The highest BCUT2D eigenvalue weighted by atomic mass is 32.2. The second-order valence-corrected chi connectivity index (χ2v) is 6.57. The topological polar surface area (TPSA) is 69.2 Å². The first kappa shape index (κ1) is 11.8. The summed E-state index contributed by atoms with van der Waals surface area (Å²) >= 11 is 10.9. The van der Waals surface area contributed by atoms with E-state index in [1.165, 1.54) is 28.7 Å². The van der Waals surface area contributed by atoms with Gasteiger partial charge in [-0.1, -0.05) is 0 Å². The van der Waals surface area contributed by atoms with Crippen molar-refractivity contribution < 1.29 is 4.92 Å². The number of thiol groups is 2. The van der Waals surface area contributed by atoms with Crippen molar-refractivity contribution in [1.29, 1.82) is 0 Å². The van der Waals surface area contributed by atoms with E-state index in [2.05, 4.69) is 25.3 Å². The summed E-state index contributed by atoms with van der Waals surface area (Å²) in [5.74, 6) is 0. The lowest BCUT2D eigenvalue weighted by molar-refractivity contribution is -0.383. The quantitative estimate of drug-likeness (QED) is 0.450. The van der Waals surface area contributed by atoms with Crippen LogP contribution in [0.15, 0.2) is 20.6 Å². The van der Waals surface area contributed by atoms with Gasteiger partial charge in [-0.25, -0.2) is 0 Å². The Labute approximate surface area is 110 Å². The Hall–Kier alpha value is -0.700. The second-order valence-electron chi connectivity index (χ2n) is 2.93. The van der Waals surface area contributed by atoms with Crippen LogP contribution in [0.4, 0.5) is 11.4 Å². The fourth-order valence-corrected chi connectivity index (χ4v) is 3.74.